The Hall–Kier alpha value is -2.87. The molecule has 2 heterocycles. The van der Waals surface area contributed by atoms with Crippen LogP contribution in [0, 0.1) is 0 Å². The van der Waals surface area contributed by atoms with Gasteiger partial charge in [0.1, 0.15) is 5.75 Å². The number of hydrogen-bond acceptors (Lipinski definition) is 6. The van der Waals surface area contributed by atoms with E-state index in [-0.39, 0.29) is 12.2 Å². The highest BCUT2D eigenvalue weighted by atomic mass is 35.5. The van der Waals surface area contributed by atoms with Crippen molar-refractivity contribution in [3.8, 4) is 5.75 Å². The maximum Gasteiger partial charge on any atom is 0.338 e. The molecule has 9 heteroatoms. The quantitative estimate of drug-likeness (QED) is 0.452. The maximum atomic E-state index is 13.7. The van der Waals surface area contributed by atoms with Gasteiger partial charge in [0.25, 0.3) is 5.56 Å². The number of carbonyl (C=O) groups is 1. The summed E-state index contributed by atoms with van der Waals surface area (Å²) in [6.07, 6.45) is 1.74. The number of esters is 1. The number of benzene rings is 2. The van der Waals surface area contributed by atoms with E-state index in [4.69, 9.17) is 32.7 Å². The lowest BCUT2D eigenvalue weighted by Crippen LogP contribution is -2.39. The second-order valence-corrected chi connectivity index (χ2v) is 9.35. The van der Waals surface area contributed by atoms with Gasteiger partial charge < -0.3 is 9.47 Å². The SMILES string of the molecule is CCOC(=O)C1=C(C)N=c2s/c(=C\c3cc(Cl)ccc3OCC)c(=O)n2[C@H]1c1ccc(Cl)cc1. The molecule has 3 aromatic rings. The number of fused-ring (bicyclic) bond motifs is 1. The Bertz CT molecular complexity index is 1460. The third kappa shape index (κ3) is 4.69. The second kappa shape index (κ2) is 10.2. The van der Waals surface area contributed by atoms with Crippen LogP contribution in [0.25, 0.3) is 6.08 Å². The Kier molecular flexibility index (Phi) is 7.26. The van der Waals surface area contributed by atoms with Gasteiger partial charge in [-0.1, -0.05) is 46.7 Å². The summed E-state index contributed by atoms with van der Waals surface area (Å²) >= 11 is 13.5. The van der Waals surface area contributed by atoms with Crippen molar-refractivity contribution >= 4 is 46.6 Å². The Morgan fingerprint density at radius 3 is 2.50 bits per heavy atom. The average molecular weight is 517 g/mol. The first-order valence-electron chi connectivity index (χ1n) is 10.7. The average Bonchev–Trinajstić information content (AvgIpc) is 3.10. The van der Waals surface area contributed by atoms with Crippen molar-refractivity contribution in [1.29, 1.82) is 0 Å². The van der Waals surface area contributed by atoms with Crippen LogP contribution in [0.1, 0.15) is 37.9 Å². The van der Waals surface area contributed by atoms with Gasteiger partial charge in [0, 0.05) is 15.6 Å². The van der Waals surface area contributed by atoms with Gasteiger partial charge in [-0.05, 0) is 62.7 Å². The molecule has 0 radical (unpaired) electrons. The third-order valence-electron chi connectivity index (χ3n) is 5.26. The summed E-state index contributed by atoms with van der Waals surface area (Å²) in [5, 5.41) is 1.08. The molecule has 0 unspecified atom stereocenters. The third-order valence-corrected chi connectivity index (χ3v) is 6.73. The number of allylic oxidation sites excluding steroid dienone is 1. The van der Waals surface area contributed by atoms with E-state index in [1.807, 2.05) is 6.92 Å². The zero-order chi connectivity index (χ0) is 24.4. The van der Waals surface area contributed by atoms with Crippen LogP contribution in [0.4, 0.5) is 0 Å². The summed E-state index contributed by atoms with van der Waals surface area (Å²) < 4.78 is 13.0. The fraction of sp³-hybridized carbons (Fsp3) is 0.240. The molecule has 34 heavy (non-hydrogen) atoms. The number of rotatable bonds is 6. The summed E-state index contributed by atoms with van der Waals surface area (Å²) in [5.74, 6) is 0.113. The Balaban J connectivity index is 1.96. The first-order valence-corrected chi connectivity index (χ1v) is 12.3. The molecule has 0 saturated heterocycles. The highest BCUT2D eigenvalue weighted by Gasteiger charge is 2.33. The van der Waals surface area contributed by atoms with Crippen LogP contribution < -0.4 is 19.6 Å². The Morgan fingerprint density at radius 1 is 1.12 bits per heavy atom. The molecule has 0 N–H and O–H groups in total. The van der Waals surface area contributed by atoms with Crippen molar-refractivity contribution in [3.05, 3.63) is 94.6 Å². The van der Waals surface area contributed by atoms with E-state index in [2.05, 4.69) is 4.99 Å². The van der Waals surface area contributed by atoms with E-state index in [0.29, 0.717) is 48.6 Å². The topological polar surface area (TPSA) is 69.9 Å². The minimum atomic E-state index is -0.694. The first-order chi connectivity index (χ1) is 16.3. The van der Waals surface area contributed by atoms with Crippen molar-refractivity contribution in [3.63, 3.8) is 0 Å². The highest BCUT2D eigenvalue weighted by molar-refractivity contribution is 7.07. The predicted octanol–water partition coefficient (Wildman–Crippen LogP) is 4.50. The van der Waals surface area contributed by atoms with E-state index in [0.717, 1.165) is 5.56 Å². The van der Waals surface area contributed by atoms with Crippen molar-refractivity contribution in [1.82, 2.24) is 4.57 Å². The predicted molar refractivity (Wildman–Crippen MR) is 134 cm³/mol. The molecule has 1 aromatic heterocycles. The van der Waals surface area contributed by atoms with E-state index in [1.54, 1.807) is 62.4 Å². The Labute approximate surface area is 210 Å². The number of halogens is 2. The van der Waals surface area contributed by atoms with Crippen LogP contribution in [0.5, 0.6) is 5.75 Å². The molecule has 0 bridgehead atoms. The minimum absolute atomic E-state index is 0.211. The fourth-order valence-corrected chi connectivity index (χ4v) is 5.16. The van der Waals surface area contributed by atoms with E-state index < -0.39 is 12.0 Å². The largest absolute Gasteiger partial charge is 0.493 e. The number of ether oxygens (including phenoxy) is 2. The number of nitrogens with zero attached hydrogens (tertiary/aromatic N) is 2. The summed E-state index contributed by atoms with van der Waals surface area (Å²) in [7, 11) is 0. The van der Waals surface area contributed by atoms with Crippen LogP contribution in [-0.2, 0) is 9.53 Å². The van der Waals surface area contributed by atoms with Crippen molar-refractivity contribution < 1.29 is 14.3 Å². The van der Waals surface area contributed by atoms with E-state index in [9.17, 15) is 9.59 Å². The number of thiazole rings is 1. The summed E-state index contributed by atoms with van der Waals surface area (Å²) in [6, 6.07) is 11.6. The standard InChI is InChI=1S/C25H22Cl2N2O4S/c1-4-32-19-11-10-18(27)12-16(19)13-20-23(30)29-22(15-6-8-17(26)9-7-15)21(24(31)33-5-2)14(3)28-25(29)34-20/h6-13,22H,4-5H2,1-3H3/b20-13-/t22-/m0/s1. The lowest BCUT2D eigenvalue weighted by Gasteiger charge is -2.24. The first kappa shape index (κ1) is 24.3. The molecule has 0 aliphatic carbocycles. The summed E-state index contributed by atoms with van der Waals surface area (Å²) in [5.41, 5.74) is 1.96. The Morgan fingerprint density at radius 2 is 1.82 bits per heavy atom. The lowest BCUT2D eigenvalue weighted by molar-refractivity contribution is -0.139. The van der Waals surface area contributed by atoms with Gasteiger partial charge in [0.05, 0.1) is 35.1 Å². The van der Waals surface area contributed by atoms with Gasteiger partial charge in [-0.25, -0.2) is 9.79 Å². The maximum absolute atomic E-state index is 13.7. The van der Waals surface area contributed by atoms with Crippen LogP contribution in [0.3, 0.4) is 0 Å². The number of carbonyl (C=O) groups excluding carboxylic acids is 1. The molecular weight excluding hydrogens is 495 g/mol. The summed E-state index contributed by atoms with van der Waals surface area (Å²) in [6.45, 7) is 6.06. The van der Waals surface area contributed by atoms with Gasteiger partial charge in [-0.3, -0.25) is 9.36 Å². The molecule has 0 fully saturated rings. The zero-order valence-electron chi connectivity index (χ0n) is 18.8. The molecule has 2 aromatic carbocycles. The molecule has 0 saturated carbocycles. The van der Waals surface area contributed by atoms with Crippen LogP contribution >= 0.6 is 34.5 Å². The molecule has 0 amide bonds. The van der Waals surface area contributed by atoms with Crippen molar-refractivity contribution in [2.75, 3.05) is 13.2 Å². The van der Waals surface area contributed by atoms with Crippen molar-refractivity contribution in [2.24, 2.45) is 4.99 Å². The van der Waals surface area contributed by atoms with E-state index in [1.165, 1.54) is 15.9 Å². The monoisotopic (exact) mass is 516 g/mol. The normalized spacial score (nSPS) is 15.7. The molecule has 1 aliphatic heterocycles. The molecule has 4 rings (SSSR count). The number of aromatic nitrogens is 1. The molecule has 176 valence electrons. The van der Waals surface area contributed by atoms with Gasteiger partial charge in [0.15, 0.2) is 4.80 Å². The van der Waals surface area contributed by atoms with Gasteiger partial charge >= 0.3 is 5.97 Å². The van der Waals surface area contributed by atoms with Crippen LogP contribution in [-0.4, -0.2) is 23.8 Å². The smallest absolute Gasteiger partial charge is 0.338 e. The fourth-order valence-electron chi connectivity index (χ4n) is 3.81. The van der Waals surface area contributed by atoms with Crippen molar-refractivity contribution in [2.45, 2.75) is 26.8 Å². The summed E-state index contributed by atoms with van der Waals surface area (Å²) in [4.78, 5) is 31.6. The molecular formula is C25H22Cl2N2O4S. The molecule has 1 aliphatic rings. The van der Waals surface area contributed by atoms with Gasteiger partial charge in [-0.2, -0.15) is 0 Å². The second-order valence-electron chi connectivity index (χ2n) is 7.47. The van der Waals surface area contributed by atoms with E-state index >= 15 is 0 Å². The van der Waals surface area contributed by atoms with Gasteiger partial charge in [-0.15, -0.1) is 0 Å². The molecule has 1 atom stereocenters. The highest BCUT2D eigenvalue weighted by Crippen LogP contribution is 2.31. The lowest BCUT2D eigenvalue weighted by atomic mass is 9.96. The number of hydrogen-bond donors (Lipinski definition) is 0. The molecule has 0 spiro atoms. The van der Waals surface area contributed by atoms with Gasteiger partial charge in [0.2, 0.25) is 0 Å². The van der Waals surface area contributed by atoms with Crippen LogP contribution in [0.2, 0.25) is 10.0 Å². The molecule has 6 nitrogen and oxygen atoms in total. The van der Waals surface area contributed by atoms with Crippen LogP contribution in [0.15, 0.2) is 63.5 Å². The minimum Gasteiger partial charge on any atom is -0.493 e. The zero-order valence-corrected chi connectivity index (χ0v) is 21.1.